The number of carbonyl (C=O) groups is 1. The molecule has 14 heavy (non-hydrogen) atoms. The number of aromatic carboxylic acids is 1. The molecular formula is C9H5BrO2S2. The molecule has 0 aromatic carbocycles. The molecule has 0 saturated carbocycles. The molecule has 72 valence electrons. The van der Waals surface area contributed by atoms with Crippen LogP contribution in [-0.2, 0) is 0 Å². The fraction of sp³-hybridized carbons (Fsp3) is 0. The van der Waals surface area contributed by atoms with Gasteiger partial charge < -0.3 is 5.11 Å². The summed E-state index contributed by atoms with van der Waals surface area (Å²) in [5.41, 5.74) is 1.18. The standard InChI is InChI=1S/C9H5BrO2S2/c10-8-2-1-7(14-8)5-3-13-4-6(5)9(11)12/h1-4H,(H,11,12). The van der Waals surface area contributed by atoms with Gasteiger partial charge in [-0.25, -0.2) is 4.79 Å². The van der Waals surface area contributed by atoms with Crippen LogP contribution in [0.4, 0.5) is 0 Å². The Morgan fingerprint density at radius 2 is 2.14 bits per heavy atom. The van der Waals surface area contributed by atoms with Gasteiger partial charge in [0.05, 0.1) is 9.35 Å². The first-order valence-corrected chi connectivity index (χ1v) is 6.29. The molecule has 0 aliphatic rings. The summed E-state index contributed by atoms with van der Waals surface area (Å²) in [6.45, 7) is 0. The number of hydrogen-bond donors (Lipinski definition) is 1. The fourth-order valence-electron chi connectivity index (χ4n) is 1.11. The van der Waals surface area contributed by atoms with E-state index in [0.717, 1.165) is 14.2 Å². The van der Waals surface area contributed by atoms with Crippen molar-refractivity contribution in [1.82, 2.24) is 0 Å². The zero-order valence-corrected chi connectivity index (χ0v) is 10.1. The van der Waals surface area contributed by atoms with Crippen molar-refractivity contribution in [3.63, 3.8) is 0 Å². The third-order valence-electron chi connectivity index (χ3n) is 1.73. The van der Waals surface area contributed by atoms with E-state index >= 15 is 0 Å². The van der Waals surface area contributed by atoms with E-state index in [1.54, 1.807) is 5.38 Å². The van der Waals surface area contributed by atoms with Gasteiger partial charge in [0.2, 0.25) is 0 Å². The second-order valence-electron chi connectivity index (χ2n) is 2.61. The Labute approximate surface area is 97.0 Å². The van der Waals surface area contributed by atoms with Crippen LogP contribution in [0.1, 0.15) is 10.4 Å². The first-order chi connectivity index (χ1) is 6.68. The van der Waals surface area contributed by atoms with Crippen LogP contribution >= 0.6 is 38.6 Å². The van der Waals surface area contributed by atoms with Crippen LogP contribution in [0, 0.1) is 0 Å². The summed E-state index contributed by atoms with van der Waals surface area (Å²) < 4.78 is 1.01. The lowest BCUT2D eigenvalue weighted by Gasteiger charge is -1.94. The Hall–Kier alpha value is -0.650. The van der Waals surface area contributed by atoms with Gasteiger partial charge in [-0.1, -0.05) is 0 Å². The minimum absolute atomic E-state index is 0.379. The quantitative estimate of drug-likeness (QED) is 0.909. The summed E-state index contributed by atoms with van der Waals surface area (Å²) in [4.78, 5) is 11.8. The number of rotatable bonds is 2. The summed E-state index contributed by atoms with van der Waals surface area (Å²) in [5.74, 6) is -0.870. The lowest BCUT2D eigenvalue weighted by molar-refractivity contribution is 0.0698. The monoisotopic (exact) mass is 288 g/mol. The van der Waals surface area contributed by atoms with Gasteiger partial charge in [-0.3, -0.25) is 0 Å². The molecule has 0 aliphatic heterocycles. The molecule has 5 heteroatoms. The van der Waals surface area contributed by atoms with E-state index in [2.05, 4.69) is 15.9 Å². The van der Waals surface area contributed by atoms with E-state index in [9.17, 15) is 4.79 Å². The highest BCUT2D eigenvalue weighted by atomic mass is 79.9. The van der Waals surface area contributed by atoms with E-state index < -0.39 is 5.97 Å². The number of hydrogen-bond acceptors (Lipinski definition) is 3. The molecule has 2 aromatic rings. The molecule has 0 aliphatic carbocycles. The zero-order chi connectivity index (χ0) is 10.1. The van der Waals surface area contributed by atoms with Crippen molar-refractivity contribution in [2.45, 2.75) is 0 Å². The lowest BCUT2D eigenvalue weighted by Crippen LogP contribution is -1.94. The molecule has 0 atom stereocenters. The number of thiophene rings is 2. The Kier molecular flexibility index (Phi) is 2.71. The Morgan fingerprint density at radius 1 is 1.36 bits per heavy atom. The number of carboxylic acid groups (broad SMARTS) is 1. The van der Waals surface area contributed by atoms with Crippen molar-refractivity contribution >= 4 is 44.6 Å². The summed E-state index contributed by atoms with van der Waals surface area (Å²) >= 11 is 6.30. The summed E-state index contributed by atoms with van der Waals surface area (Å²) in [6.07, 6.45) is 0. The topological polar surface area (TPSA) is 37.3 Å². The van der Waals surface area contributed by atoms with Gasteiger partial charge in [-0.2, -0.15) is 11.3 Å². The molecule has 2 rings (SSSR count). The minimum Gasteiger partial charge on any atom is -0.478 e. The van der Waals surface area contributed by atoms with Gasteiger partial charge in [-0.05, 0) is 28.1 Å². The maximum absolute atomic E-state index is 10.9. The Balaban J connectivity index is 2.51. The van der Waals surface area contributed by atoms with Gasteiger partial charge in [-0.15, -0.1) is 11.3 Å². The summed E-state index contributed by atoms with van der Waals surface area (Å²) in [6, 6.07) is 3.84. The summed E-state index contributed by atoms with van der Waals surface area (Å²) in [7, 11) is 0. The van der Waals surface area contributed by atoms with Crippen LogP contribution in [0.2, 0.25) is 0 Å². The lowest BCUT2D eigenvalue weighted by atomic mass is 10.2. The number of carboxylic acids is 1. The van der Waals surface area contributed by atoms with E-state index in [1.807, 2.05) is 17.5 Å². The normalized spacial score (nSPS) is 10.4. The average Bonchev–Trinajstić information content (AvgIpc) is 2.70. The fourth-order valence-corrected chi connectivity index (χ4v) is 3.43. The van der Waals surface area contributed by atoms with Crippen molar-refractivity contribution in [1.29, 1.82) is 0 Å². The van der Waals surface area contributed by atoms with Crippen LogP contribution in [0.25, 0.3) is 10.4 Å². The zero-order valence-electron chi connectivity index (χ0n) is 6.86. The van der Waals surface area contributed by atoms with Crippen molar-refractivity contribution < 1.29 is 9.90 Å². The van der Waals surface area contributed by atoms with Gasteiger partial charge in [0.25, 0.3) is 0 Å². The molecule has 0 saturated heterocycles. The van der Waals surface area contributed by atoms with Crippen LogP contribution in [0.15, 0.2) is 26.7 Å². The van der Waals surface area contributed by atoms with E-state index in [1.165, 1.54) is 22.7 Å². The highest BCUT2D eigenvalue weighted by Gasteiger charge is 2.13. The maximum Gasteiger partial charge on any atom is 0.337 e. The second kappa shape index (κ2) is 3.84. The molecule has 0 spiro atoms. The average molecular weight is 289 g/mol. The second-order valence-corrected chi connectivity index (χ2v) is 5.81. The van der Waals surface area contributed by atoms with Gasteiger partial charge in [0.1, 0.15) is 0 Å². The molecule has 2 aromatic heterocycles. The first-order valence-electron chi connectivity index (χ1n) is 3.73. The minimum atomic E-state index is -0.870. The van der Waals surface area contributed by atoms with Crippen LogP contribution in [0.3, 0.4) is 0 Å². The van der Waals surface area contributed by atoms with Crippen molar-refractivity contribution in [2.24, 2.45) is 0 Å². The SMILES string of the molecule is O=C(O)c1cscc1-c1ccc(Br)s1. The molecular weight excluding hydrogens is 284 g/mol. The van der Waals surface area contributed by atoms with Gasteiger partial charge in [0.15, 0.2) is 0 Å². The predicted molar refractivity (Wildman–Crippen MR) is 62.3 cm³/mol. The Bertz CT molecular complexity index is 473. The molecule has 2 nitrogen and oxygen atoms in total. The summed E-state index contributed by atoms with van der Waals surface area (Å²) in [5, 5.41) is 12.4. The molecule has 0 unspecified atom stereocenters. The largest absolute Gasteiger partial charge is 0.478 e. The molecule has 2 heterocycles. The maximum atomic E-state index is 10.9. The molecule has 0 amide bonds. The third-order valence-corrected chi connectivity index (χ3v) is 4.13. The van der Waals surface area contributed by atoms with E-state index in [-0.39, 0.29) is 0 Å². The van der Waals surface area contributed by atoms with Crippen LogP contribution in [0.5, 0.6) is 0 Å². The Morgan fingerprint density at radius 3 is 2.71 bits per heavy atom. The smallest absolute Gasteiger partial charge is 0.337 e. The molecule has 0 radical (unpaired) electrons. The van der Waals surface area contributed by atoms with Crippen LogP contribution < -0.4 is 0 Å². The highest BCUT2D eigenvalue weighted by Crippen LogP contribution is 2.35. The van der Waals surface area contributed by atoms with Crippen molar-refractivity contribution in [3.8, 4) is 10.4 Å². The first kappa shape index (κ1) is 9.89. The van der Waals surface area contributed by atoms with Crippen molar-refractivity contribution in [3.05, 3.63) is 32.2 Å². The van der Waals surface area contributed by atoms with Gasteiger partial charge >= 0.3 is 5.97 Å². The molecule has 0 bridgehead atoms. The van der Waals surface area contributed by atoms with Gasteiger partial charge in [0, 0.05) is 21.2 Å². The van der Waals surface area contributed by atoms with Crippen molar-refractivity contribution in [2.75, 3.05) is 0 Å². The van der Waals surface area contributed by atoms with Crippen LogP contribution in [-0.4, -0.2) is 11.1 Å². The predicted octanol–water partition coefficient (Wildman–Crippen LogP) is 3.94. The number of halogens is 1. The van der Waals surface area contributed by atoms with E-state index in [0.29, 0.717) is 5.56 Å². The third kappa shape index (κ3) is 1.75. The molecule has 0 fully saturated rings. The molecule has 1 N–H and O–H groups in total. The van der Waals surface area contributed by atoms with E-state index in [4.69, 9.17) is 5.11 Å². The highest BCUT2D eigenvalue weighted by molar-refractivity contribution is 9.11.